The first-order valence-electron chi connectivity index (χ1n) is 10.00. The third kappa shape index (κ3) is 4.24. The summed E-state index contributed by atoms with van der Waals surface area (Å²) in [5.74, 6) is -0.632. The molecule has 0 aliphatic rings. The van der Waals surface area contributed by atoms with Crippen molar-refractivity contribution in [3.8, 4) is 22.6 Å². The van der Waals surface area contributed by atoms with Gasteiger partial charge in [-0.1, -0.05) is 23.7 Å². The zero-order chi connectivity index (χ0) is 22.8. The van der Waals surface area contributed by atoms with Gasteiger partial charge >= 0.3 is 0 Å². The van der Waals surface area contributed by atoms with E-state index in [1.165, 1.54) is 17.0 Å². The molecular weight excluding hydrogens is 433 g/mol. The first kappa shape index (κ1) is 21.6. The Morgan fingerprint density at radius 1 is 1.25 bits per heavy atom. The number of rotatable bonds is 6. The molecule has 32 heavy (non-hydrogen) atoms. The van der Waals surface area contributed by atoms with Crippen LogP contribution in [0.2, 0.25) is 5.02 Å². The third-order valence-electron chi connectivity index (χ3n) is 5.08. The van der Waals surface area contributed by atoms with Gasteiger partial charge in [-0.2, -0.15) is 5.10 Å². The Morgan fingerprint density at radius 3 is 2.81 bits per heavy atom. The van der Waals surface area contributed by atoms with Crippen molar-refractivity contribution in [2.75, 3.05) is 13.7 Å². The summed E-state index contributed by atoms with van der Waals surface area (Å²) in [5.41, 5.74) is 2.38. The van der Waals surface area contributed by atoms with E-state index in [9.17, 15) is 9.90 Å². The first-order valence-corrected chi connectivity index (χ1v) is 10.4. The third-order valence-corrected chi connectivity index (χ3v) is 5.32. The van der Waals surface area contributed by atoms with Crippen LogP contribution in [-0.4, -0.2) is 39.8 Å². The number of fused-ring (bicyclic) bond motifs is 1. The number of nitrogens with zero attached hydrogens (tertiary/aromatic N) is 2. The van der Waals surface area contributed by atoms with Crippen molar-refractivity contribution < 1.29 is 19.0 Å². The quantitative estimate of drug-likeness (QED) is 0.410. The fourth-order valence-electron chi connectivity index (χ4n) is 3.68. The second-order valence-electron chi connectivity index (χ2n) is 7.37. The van der Waals surface area contributed by atoms with Gasteiger partial charge in [0.2, 0.25) is 0 Å². The molecule has 0 unspecified atom stereocenters. The Labute approximate surface area is 189 Å². The van der Waals surface area contributed by atoms with E-state index in [-0.39, 0.29) is 29.2 Å². The fourth-order valence-corrected chi connectivity index (χ4v) is 3.87. The average molecular weight is 454 g/mol. The zero-order valence-electron chi connectivity index (χ0n) is 17.5. The van der Waals surface area contributed by atoms with Crippen LogP contribution in [0.3, 0.4) is 0 Å². The molecule has 2 N–H and O–H groups in total. The van der Waals surface area contributed by atoms with Crippen molar-refractivity contribution in [3.05, 3.63) is 76.7 Å². The Balaban J connectivity index is 1.68. The molecule has 0 saturated heterocycles. The van der Waals surface area contributed by atoms with Gasteiger partial charge in [-0.3, -0.25) is 9.89 Å². The van der Waals surface area contributed by atoms with Gasteiger partial charge in [0.15, 0.2) is 0 Å². The highest BCUT2D eigenvalue weighted by atomic mass is 35.5. The van der Waals surface area contributed by atoms with Crippen LogP contribution >= 0.6 is 11.6 Å². The number of phenols is 1. The minimum atomic E-state index is -0.580. The first-order chi connectivity index (χ1) is 15.4. The number of hydrogen-bond acceptors (Lipinski definition) is 4. The summed E-state index contributed by atoms with van der Waals surface area (Å²) in [6, 6.07) is 12.7. The number of nitrogens with one attached hydrogen (secondary N) is 1. The lowest BCUT2D eigenvalue weighted by molar-refractivity contribution is 0.0784. The van der Waals surface area contributed by atoms with Gasteiger partial charge in [-0.15, -0.1) is 0 Å². The van der Waals surface area contributed by atoms with Crippen LogP contribution in [0.1, 0.15) is 22.8 Å². The number of amides is 1. The molecule has 3 aromatic carbocycles. The summed E-state index contributed by atoms with van der Waals surface area (Å²) < 4.78 is 20.8. The maximum Gasteiger partial charge on any atom is 0.254 e. The van der Waals surface area contributed by atoms with Crippen LogP contribution < -0.4 is 4.74 Å². The van der Waals surface area contributed by atoms with Crippen LogP contribution in [-0.2, 0) is 6.54 Å². The number of phenolic OH excluding ortho intramolecular Hbond substituents is 1. The highest BCUT2D eigenvalue weighted by Crippen LogP contribution is 2.35. The lowest BCUT2D eigenvalue weighted by atomic mass is 10.0. The number of H-pyrrole nitrogens is 1. The smallest absolute Gasteiger partial charge is 0.254 e. The van der Waals surface area contributed by atoms with E-state index in [0.29, 0.717) is 22.8 Å². The summed E-state index contributed by atoms with van der Waals surface area (Å²) in [6.45, 7) is 2.28. The van der Waals surface area contributed by atoms with Crippen molar-refractivity contribution in [1.82, 2.24) is 15.1 Å². The van der Waals surface area contributed by atoms with Crippen molar-refractivity contribution in [2.24, 2.45) is 0 Å². The van der Waals surface area contributed by atoms with Gasteiger partial charge in [0.1, 0.15) is 17.3 Å². The Morgan fingerprint density at radius 2 is 2.06 bits per heavy atom. The van der Waals surface area contributed by atoms with Gasteiger partial charge in [-0.25, -0.2) is 4.39 Å². The number of hydrogen-bond donors (Lipinski definition) is 2. The average Bonchev–Trinajstić information content (AvgIpc) is 3.21. The molecule has 0 radical (unpaired) electrons. The van der Waals surface area contributed by atoms with Crippen LogP contribution in [0.15, 0.2) is 54.7 Å². The van der Waals surface area contributed by atoms with Crippen LogP contribution in [0.5, 0.6) is 11.5 Å². The van der Waals surface area contributed by atoms with Gasteiger partial charge in [0, 0.05) is 35.1 Å². The van der Waals surface area contributed by atoms with Crippen molar-refractivity contribution in [3.63, 3.8) is 0 Å². The lowest BCUT2D eigenvalue weighted by Crippen LogP contribution is -2.26. The molecule has 1 heterocycles. The van der Waals surface area contributed by atoms with Crippen molar-refractivity contribution >= 4 is 28.4 Å². The molecule has 6 nitrogen and oxygen atoms in total. The molecule has 0 saturated carbocycles. The summed E-state index contributed by atoms with van der Waals surface area (Å²) in [5, 5.41) is 18.0. The number of benzene rings is 3. The minimum absolute atomic E-state index is 0.0744. The van der Waals surface area contributed by atoms with Gasteiger partial charge < -0.3 is 14.7 Å². The summed E-state index contributed by atoms with van der Waals surface area (Å²) in [4.78, 5) is 14.6. The fraction of sp³-hybridized carbons (Fsp3) is 0.167. The SMILES string of the molecule is CCOc1cc(C(=O)N(C)Cc2cc(O)cc3cn[nH]c23)cc(F)c1-c1cccc(Cl)c1. The number of aromatic nitrogens is 2. The number of ether oxygens (including phenoxy) is 1. The van der Waals surface area contributed by atoms with E-state index >= 15 is 4.39 Å². The molecule has 0 spiro atoms. The lowest BCUT2D eigenvalue weighted by Gasteiger charge is -2.20. The molecule has 0 fully saturated rings. The van der Waals surface area contributed by atoms with E-state index < -0.39 is 11.7 Å². The molecule has 1 aromatic heterocycles. The largest absolute Gasteiger partial charge is 0.508 e. The van der Waals surface area contributed by atoms with Gasteiger partial charge in [-0.05, 0) is 48.9 Å². The van der Waals surface area contributed by atoms with E-state index in [1.807, 2.05) is 0 Å². The van der Waals surface area contributed by atoms with E-state index in [4.69, 9.17) is 16.3 Å². The highest BCUT2D eigenvalue weighted by Gasteiger charge is 2.21. The van der Waals surface area contributed by atoms with Crippen molar-refractivity contribution in [1.29, 1.82) is 0 Å². The molecule has 1 amide bonds. The number of carbonyl (C=O) groups is 1. The maximum absolute atomic E-state index is 15.2. The van der Waals surface area contributed by atoms with Gasteiger partial charge in [0.05, 0.1) is 23.9 Å². The van der Waals surface area contributed by atoms with Crippen molar-refractivity contribution in [2.45, 2.75) is 13.5 Å². The molecule has 4 aromatic rings. The number of aromatic hydroxyl groups is 1. The zero-order valence-corrected chi connectivity index (χ0v) is 18.3. The molecular formula is C24H21ClFN3O3. The summed E-state index contributed by atoms with van der Waals surface area (Å²) in [6.07, 6.45) is 1.60. The van der Waals surface area contributed by atoms with Crippen LogP contribution in [0, 0.1) is 5.82 Å². The Kier molecular flexibility index (Phi) is 6.01. The summed E-state index contributed by atoms with van der Waals surface area (Å²) >= 11 is 6.07. The maximum atomic E-state index is 15.2. The molecule has 8 heteroatoms. The van der Waals surface area contributed by atoms with E-state index in [0.717, 1.165) is 10.9 Å². The topological polar surface area (TPSA) is 78.4 Å². The summed E-state index contributed by atoms with van der Waals surface area (Å²) in [7, 11) is 1.61. The molecule has 0 aliphatic carbocycles. The number of aromatic amines is 1. The predicted octanol–water partition coefficient (Wildman–Crippen LogP) is 5.40. The number of carbonyl (C=O) groups excluding carboxylic acids is 1. The number of halogens is 2. The van der Waals surface area contributed by atoms with E-state index in [1.54, 1.807) is 56.6 Å². The van der Waals surface area contributed by atoms with E-state index in [2.05, 4.69) is 10.2 Å². The standard InChI is InChI=1S/C24H21ClFN3O3/c1-3-32-21-11-15(10-20(26)22(21)14-5-4-6-18(25)7-14)24(31)29(2)13-17-9-19(30)8-16-12-27-28-23(16)17/h4-12,30H,3,13H2,1-2H3,(H,27,28). The predicted molar refractivity (Wildman–Crippen MR) is 122 cm³/mol. The van der Waals surface area contributed by atoms with Crippen LogP contribution in [0.4, 0.5) is 4.39 Å². The van der Waals surface area contributed by atoms with Gasteiger partial charge in [0.25, 0.3) is 5.91 Å². The monoisotopic (exact) mass is 453 g/mol. The second kappa shape index (κ2) is 8.88. The molecule has 0 aliphatic heterocycles. The Hall–Kier alpha value is -3.58. The molecule has 164 valence electrons. The highest BCUT2D eigenvalue weighted by molar-refractivity contribution is 6.30. The minimum Gasteiger partial charge on any atom is -0.508 e. The molecule has 4 rings (SSSR count). The molecule has 0 atom stereocenters. The van der Waals surface area contributed by atoms with Crippen LogP contribution in [0.25, 0.3) is 22.0 Å². The molecule has 0 bridgehead atoms. The second-order valence-corrected chi connectivity index (χ2v) is 7.81. The normalized spacial score (nSPS) is 11.0. The Bertz CT molecular complexity index is 1310.